The third-order valence-electron chi connectivity index (χ3n) is 4.06. The lowest BCUT2D eigenvalue weighted by Gasteiger charge is -2.30. The summed E-state index contributed by atoms with van der Waals surface area (Å²) >= 11 is 1.58. The molecule has 6 heteroatoms. The lowest BCUT2D eigenvalue weighted by atomic mass is 9.97. The molecule has 1 N–H and O–H groups in total. The Morgan fingerprint density at radius 1 is 1.30 bits per heavy atom. The summed E-state index contributed by atoms with van der Waals surface area (Å²) in [5.74, 6) is -1.37. The predicted molar refractivity (Wildman–Crippen MR) is 88.6 cm³/mol. The number of amides is 1. The number of hydrogen-bond donors (Lipinski definition) is 1. The van der Waals surface area contributed by atoms with Crippen LogP contribution in [0.25, 0.3) is 10.6 Å². The standard InChI is InChI=1S/C17H18N2O3S/c1-11-10-23-15(18-11)12-4-6-13(7-5-12)16(20)19-8-2-3-14(9-19)17(21)22/h4-7,10,14H,2-3,8-9H2,1H3,(H,21,22). The number of benzene rings is 1. The molecule has 1 aliphatic rings. The van der Waals surface area contributed by atoms with E-state index in [9.17, 15) is 9.59 Å². The highest BCUT2D eigenvalue weighted by atomic mass is 32.1. The highest BCUT2D eigenvalue weighted by Gasteiger charge is 2.28. The maximum atomic E-state index is 12.5. The maximum Gasteiger partial charge on any atom is 0.308 e. The summed E-state index contributed by atoms with van der Waals surface area (Å²) < 4.78 is 0. The second-order valence-electron chi connectivity index (χ2n) is 5.80. The number of rotatable bonds is 3. The van der Waals surface area contributed by atoms with Crippen molar-refractivity contribution < 1.29 is 14.7 Å². The number of thiazole rings is 1. The summed E-state index contributed by atoms with van der Waals surface area (Å²) in [5, 5.41) is 12.1. The van der Waals surface area contributed by atoms with Gasteiger partial charge in [-0.15, -0.1) is 11.3 Å². The van der Waals surface area contributed by atoms with E-state index in [1.165, 1.54) is 0 Å². The second-order valence-corrected chi connectivity index (χ2v) is 6.66. The van der Waals surface area contributed by atoms with Gasteiger partial charge in [0.05, 0.1) is 5.92 Å². The third-order valence-corrected chi connectivity index (χ3v) is 5.06. The first-order valence-corrected chi connectivity index (χ1v) is 8.47. The first-order chi connectivity index (χ1) is 11.0. The number of carbonyl (C=O) groups excluding carboxylic acids is 1. The Bertz CT molecular complexity index is 724. The van der Waals surface area contributed by atoms with Crippen molar-refractivity contribution in [2.45, 2.75) is 19.8 Å². The zero-order valence-corrected chi connectivity index (χ0v) is 13.7. The monoisotopic (exact) mass is 330 g/mol. The van der Waals surface area contributed by atoms with Crippen LogP contribution in [0.4, 0.5) is 0 Å². The van der Waals surface area contributed by atoms with E-state index in [-0.39, 0.29) is 5.91 Å². The molecule has 1 aromatic carbocycles. The molecule has 1 atom stereocenters. The first-order valence-electron chi connectivity index (χ1n) is 7.59. The molecule has 0 aliphatic carbocycles. The summed E-state index contributed by atoms with van der Waals surface area (Å²) in [7, 11) is 0. The van der Waals surface area contributed by atoms with E-state index in [4.69, 9.17) is 5.11 Å². The molecule has 23 heavy (non-hydrogen) atoms. The lowest BCUT2D eigenvalue weighted by molar-refractivity contribution is -0.143. The van der Waals surface area contributed by atoms with Crippen molar-refractivity contribution >= 4 is 23.2 Å². The Labute approximate surface area is 138 Å². The minimum atomic E-state index is -0.822. The Balaban J connectivity index is 1.74. The number of carboxylic acid groups (broad SMARTS) is 1. The molecular formula is C17H18N2O3S. The number of nitrogens with zero attached hydrogens (tertiary/aromatic N) is 2. The Kier molecular flexibility index (Phi) is 4.43. The van der Waals surface area contributed by atoms with Crippen LogP contribution in [-0.2, 0) is 4.79 Å². The van der Waals surface area contributed by atoms with Crippen LogP contribution in [0.2, 0.25) is 0 Å². The molecule has 1 unspecified atom stereocenters. The van der Waals surface area contributed by atoms with Crippen molar-refractivity contribution in [3.8, 4) is 10.6 Å². The van der Waals surface area contributed by atoms with E-state index in [2.05, 4.69) is 4.98 Å². The molecular weight excluding hydrogens is 312 g/mol. The van der Waals surface area contributed by atoms with Crippen molar-refractivity contribution in [1.82, 2.24) is 9.88 Å². The number of piperidine rings is 1. The summed E-state index contributed by atoms with van der Waals surface area (Å²) in [6.07, 6.45) is 1.38. The average Bonchev–Trinajstić information content (AvgIpc) is 3.01. The van der Waals surface area contributed by atoms with Gasteiger partial charge in [0.1, 0.15) is 5.01 Å². The molecule has 2 heterocycles. The number of likely N-dealkylation sites (tertiary alicyclic amines) is 1. The van der Waals surface area contributed by atoms with Gasteiger partial charge in [0, 0.05) is 35.3 Å². The van der Waals surface area contributed by atoms with E-state index < -0.39 is 11.9 Å². The minimum Gasteiger partial charge on any atom is -0.481 e. The zero-order chi connectivity index (χ0) is 16.4. The second kappa shape index (κ2) is 6.50. The van der Waals surface area contributed by atoms with Crippen LogP contribution in [0, 0.1) is 12.8 Å². The SMILES string of the molecule is Cc1csc(-c2ccc(C(=O)N3CCCC(C(=O)O)C3)cc2)n1. The van der Waals surface area contributed by atoms with E-state index in [1.54, 1.807) is 28.4 Å². The van der Waals surface area contributed by atoms with Gasteiger partial charge in [-0.1, -0.05) is 12.1 Å². The largest absolute Gasteiger partial charge is 0.481 e. The zero-order valence-electron chi connectivity index (χ0n) is 12.9. The minimum absolute atomic E-state index is 0.0992. The van der Waals surface area contributed by atoms with Crippen molar-refractivity contribution in [3.63, 3.8) is 0 Å². The topological polar surface area (TPSA) is 70.5 Å². The Morgan fingerprint density at radius 2 is 2.04 bits per heavy atom. The third kappa shape index (κ3) is 3.42. The Morgan fingerprint density at radius 3 is 2.65 bits per heavy atom. The van der Waals surface area contributed by atoms with Gasteiger partial charge < -0.3 is 10.0 Å². The van der Waals surface area contributed by atoms with Gasteiger partial charge in [-0.2, -0.15) is 0 Å². The molecule has 1 aromatic heterocycles. The van der Waals surface area contributed by atoms with Gasteiger partial charge in [-0.25, -0.2) is 4.98 Å². The van der Waals surface area contributed by atoms with Crippen LogP contribution in [0.15, 0.2) is 29.6 Å². The number of aryl methyl sites for hydroxylation is 1. The molecule has 3 rings (SSSR count). The molecule has 0 radical (unpaired) electrons. The predicted octanol–water partition coefficient (Wildman–Crippen LogP) is 3.06. The van der Waals surface area contributed by atoms with Crippen LogP contribution in [0.3, 0.4) is 0 Å². The molecule has 1 amide bonds. The van der Waals surface area contributed by atoms with Crippen LogP contribution < -0.4 is 0 Å². The van der Waals surface area contributed by atoms with E-state index >= 15 is 0 Å². The van der Waals surface area contributed by atoms with Gasteiger partial charge in [0.15, 0.2) is 0 Å². The quantitative estimate of drug-likeness (QED) is 0.939. The Hall–Kier alpha value is -2.21. The summed E-state index contributed by atoms with van der Waals surface area (Å²) in [6, 6.07) is 7.37. The van der Waals surface area contributed by atoms with Gasteiger partial charge in [0.25, 0.3) is 5.91 Å². The van der Waals surface area contributed by atoms with Gasteiger partial charge in [0.2, 0.25) is 0 Å². The van der Waals surface area contributed by atoms with Crippen molar-refractivity contribution in [2.24, 2.45) is 5.92 Å². The van der Waals surface area contributed by atoms with Crippen LogP contribution in [0.1, 0.15) is 28.9 Å². The molecule has 1 aliphatic heterocycles. The summed E-state index contributed by atoms with van der Waals surface area (Å²) in [5.41, 5.74) is 2.56. The van der Waals surface area contributed by atoms with Gasteiger partial charge in [-0.3, -0.25) is 9.59 Å². The van der Waals surface area contributed by atoms with Crippen molar-refractivity contribution in [1.29, 1.82) is 0 Å². The smallest absolute Gasteiger partial charge is 0.308 e. The van der Waals surface area contributed by atoms with Crippen LogP contribution >= 0.6 is 11.3 Å². The molecule has 120 valence electrons. The molecule has 1 fully saturated rings. The lowest BCUT2D eigenvalue weighted by Crippen LogP contribution is -2.42. The van der Waals surface area contributed by atoms with E-state index in [0.29, 0.717) is 25.1 Å². The molecule has 5 nitrogen and oxygen atoms in total. The average molecular weight is 330 g/mol. The van der Waals surface area contributed by atoms with E-state index in [0.717, 1.165) is 22.7 Å². The number of carboxylic acids is 1. The summed E-state index contributed by atoms with van der Waals surface area (Å²) in [4.78, 5) is 29.7. The van der Waals surface area contributed by atoms with Crippen LogP contribution in [0.5, 0.6) is 0 Å². The first kappa shape index (κ1) is 15.7. The molecule has 1 saturated heterocycles. The highest BCUT2D eigenvalue weighted by molar-refractivity contribution is 7.13. The number of carbonyl (C=O) groups is 2. The molecule has 2 aromatic rings. The molecule has 0 spiro atoms. The highest BCUT2D eigenvalue weighted by Crippen LogP contribution is 2.25. The number of hydrogen-bond acceptors (Lipinski definition) is 4. The normalized spacial score (nSPS) is 18.0. The fraction of sp³-hybridized carbons (Fsp3) is 0.353. The molecule has 0 bridgehead atoms. The van der Waals surface area contributed by atoms with E-state index in [1.807, 2.05) is 24.4 Å². The van der Waals surface area contributed by atoms with Gasteiger partial charge in [-0.05, 0) is 31.9 Å². The van der Waals surface area contributed by atoms with Crippen molar-refractivity contribution in [2.75, 3.05) is 13.1 Å². The fourth-order valence-electron chi connectivity index (χ4n) is 2.79. The number of aliphatic carboxylic acids is 1. The molecule has 0 saturated carbocycles. The number of aromatic nitrogens is 1. The maximum absolute atomic E-state index is 12.5. The fourth-order valence-corrected chi connectivity index (χ4v) is 3.59. The van der Waals surface area contributed by atoms with Crippen LogP contribution in [-0.4, -0.2) is 40.0 Å². The van der Waals surface area contributed by atoms with Gasteiger partial charge >= 0.3 is 5.97 Å². The van der Waals surface area contributed by atoms with Crippen molar-refractivity contribution in [3.05, 3.63) is 40.9 Å². The summed E-state index contributed by atoms with van der Waals surface area (Å²) in [6.45, 7) is 2.87.